The van der Waals surface area contributed by atoms with Crippen molar-refractivity contribution >= 4 is 45.5 Å². The summed E-state index contributed by atoms with van der Waals surface area (Å²) >= 11 is 13.8. The normalized spacial score (nSPS) is 13.9. The van der Waals surface area contributed by atoms with E-state index in [9.17, 15) is 18.0 Å². The highest BCUT2D eigenvalue weighted by Crippen LogP contribution is 2.43. The molecule has 1 aliphatic carbocycles. The Balaban J connectivity index is 0.000000543. The number of benzene rings is 2. The molecule has 1 fully saturated rings. The largest absolute Gasteiger partial charge is 0.481 e. The number of aromatic nitrogens is 4. The number of ether oxygens (including phenoxy) is 2. The molecule has 50 heavy (non-hydrogen) atoms. The Morgan fingerprint density at radius 1 is 0.900 bits per heavy atom. The van der Waals surface area contributed by atoms with Crippen molar-refractivity contribution in [3.05, 3.63) is 91.9 Å². The molecule has 4 heterocycles. The smallest absolute Gasteiger partial charge is 0.433 e. The van der Waals surface area contributed by atoms with Gasteiger partial charge in [-0.05, 0) is 62.3 Å². The van der Waals surface area contributed by atoms with Gasteiger partial charge in [-0.25, -0.2) is 14.6 Å². The lowest BCUT2D eigenvalue weighted by atomic mass is 9.99. The van der Waals surface area contributed by atoms with Gasteiger partial charge in [0.2, 0.25) is 5.88 Å². The number of alkyl halides is 3. The Kier molecular flexibility index (Phi) is 12.0. The van der Waals surface area contributed by atoms with Gasteiger partial charge in [-0.1, -0.05) is 67.4 Å². The van der Waals surface area contributed by atoms with Crippen LogP contribution in [-0.2, 0) is 30.8 Å². The van der Waals surface area contributed by atoms with Crippen molar-refractivity contribution in [1.29, 1.82) is 0 Å². The zero-order valence-corrected chi connectivity index (χ0v) is 29.8. The Morgan fingerprint density at radius 3 is 2.22 bits per heavy atom. The van der Waals surface area contributed by atoms with Gasteiger partial charge in [-0.2, -0.15) is 18.3 Å². The van der Waals surface area contributed by atoms with Gasteiger partial charge in [0, 0.05) is 47.9 Å². The van der Waals surface area contributed by atoms with Crippen LogP contribution in [-0.4, -0.2) is 40.1 Å². The molecule has 0 unspecified atom stereocenters. The molecule has 0 spiro atoms. The van der Waals surface area contributed by atoms with Crippen LogP contribution in [0.5, 0.6) is 5.88 Å². The van der Waals surface area contributed by atoms with Crippen LogP contribution in [0.15, 0.2) is 59.5 Å². The van der Waals surface area contributed by atoms with E-state index in [2.05, 4.69) is 15.4 Å². The minimum absolute atomic E-state index is 0.0109. The Labute approximate surface area is 298 Å². The molecule has 2 aliphatic rings. The molecule has 0 atom stereocenters. The average molecular weight is 729 g/mol. The van der Waals surface area contributed by atoms with Crippen LogP contribution in [0.4, 0.5) is 24.7 Å². The molecule has 1 aliphatic heterocycles. The summed E-state index contributed by atoms with van der Waals surface area (Å²) in [6.45, 7) is 6.00. The number of hydrogen-bond acceptors (Lipinski definition) is 7. The maximum absolute atomic E-state index is 13.7. The van der Waals surface area contributed by atoms with E-state index in [0.29, 0.717) is 33.3 Å². The minimum Gasteiger partial charge on any atom is -0.481 e. The highest BCUT2D eigenvalue weighted by Gasteiger charge is 2.34. The fourth-order valence-corrected chi connectivity index (χ4v) is 6.53. The number of fused-ring (bicyclic) bond motifs is 2. The van der Waals surface area contributed by atoms with Crippen molar-refractivity contribution in [2.24, 2.45) is 7.05 Å². The number of methoxy groups -OCH3 is 1. The van der Waals surface area contributed by atoms with Crippen LogP contribution in [0.2, 0.25) is 10.0 Å². The van der Waals surface area contributed by atoms with Gasteiger partial charge in [0.05, 0.1) is 40.1 Å². The van der Waals surface area contributed by atoms with Crippen LogP contribution in [0, 0.1) is 0 Å². The molecule has 0 radical (unpaired) electrons. The molecule has 0 saturated carbocycles. The number of rotatable bonds is 5. The number of nitrogens with zero attached hydrogens (tertiary/aromatic N) is 4. The first-order chi connectivity index (χ1) is 24.1. The number of halogens is 5. The van der Waals surface area contributed by atoms with Crippen LogP contribution in [0.3, 0.4) is 0 Å². The van der Waals surface area contributed by atoms with Gasteiger partial charge in [0.25, 0.3) is 5.56 Å². The van der Waals surface area contributed by atoms with Gasteiger partial charge >= 0.3 is 6.18 Å². The van der Waals surface area contributed by atoms with Crippen LogP contribution >= 0.6 is 23.2 Å². The summed E-state index contributed by atoms with van der Waals surface area (Å²) in [6, 6.07) is 13.3. The van der Waals surface area contributed by atoms with E-state index in [1.54, 1.807) is 31.4 Å². The molecule has 2 aromatic carbocycles. The van der Waals surface area contributed by atoms with Crippen molar-refractivity contribution in [2.75, 3.05) is 25.6 Å². The fourth-order valence-electron chi connectivity index (χ4n) is 5.93. The summed E-state index contributed by atoms with van der Waals surface area (Å²) in [5.41, 5.74) is 3.18. The number of anilines is 2. The number of hydrogen-bond donors (Lipinski definition) is 1. The van der Waals surface area contributed by atoms with E-state index in [0.717, 1.165) is 48.8 Å². The molecule has 0 amide bonds. The second-order valence-electron chi connectivity index (χ2n) is 11.5. The molecule has 1 saturated heterocycles. The average Bonchev–Trinajstić information content (AvgIpc) is 3.61. The monoisotopic (exact) mass is 727 g/mol. The third kappa shape index (κ3) is 7.90. The van der Waals surface area contributed by atoms with E-state index in [1.807, 2.05) is 32.0 Å². The van der Waals surface area contributed by atoms with E-state index in [-0.39, 0.29) is 27.3 Å². The maximum atomic E-state index is 13.7. The first-order valence-electron chi connectivity index (χ1n) is 16.5. The van der Waals surface area contributed by atoms with Crippen molar-refractivity contribution in [3.63, 3.8) is 0 Å². The third-order valence-electron chi connectivity index (χ3n) is 8.36. The van der Waals surface area contributed by atoms with Gasteiger partial charge in [-0.15, -0.1) is 0 Å². The molecular formula is C37H38Cl2F3N5O3. The van der Waals surface area contributed by atoms with Crippen LogP contribution in [0.1, 0.15) is 56.4 Å². The second-order valence-corrected chi connectivity index (χ2v) is 12.3. The summed E-state index contributed by atoms with van der Waals surface area (Å²) in [5, 5.41) is 7.21. The highest BCUT2D eigenvalue weighted by molar-refractivity contribution is 6.39. The third-order valence-corrected chi connectivity index (χ3v) is 9.17. The predicted octanol–water partition coefficient (Wildman–Crippen LogP) is 9.84. The molecule has 13 heteroatoms. The SMILES string of the molecule is C1CCOCC1.CC.COc1nc(-c2cccc(-c3cccc(Nc4nc(C(F)(F)F)cc5cnn(C)c(=O)c45)c3Cl)c2Cl)cc2c1CCC2. The van der Waals surface area contributed by atoms with Gasteiger partial charge in [0.1, 0.15) is 11.5 Å². The topological polar surface area (TPSA) is 91.2 Å². The van der Waals surface area contributed by atoms with Gasteiger partial charge in [0.15, 0.2) is 0 Å². The predicted molar refractivity (Wildman–Crippen MR) is 193 cm³/mol. The summed E-state index contributed by atoms with van der Waals surface area (Å²) in [6.07, 6.45) is 3.23. The number of aryl methyl sites for hydroxylation is 2. The maximum Gasteiger partial charge on any atom is 0.433 e. The van der Waals surface area contributed by atoms with Crippen LogP contribution in [0.25, 0.3) is 33.2 Å². The second kappa shape index (κ2) is 16.2. The molecular weight excluding hydrogens is 690 g/mol. The minimum atomic E-state index is -4.75. The van der Waals surface area contributed by atoms with Crippen molar-refractivity contribution in [1.82, 2.24) is 19.7 Å². The van der Waals surface area contributed by atoms with Crippen molar-refractivity contribution < 1.29 is 22.6 Å². The Hall–Kier alpha value is -4.19. The lowest BCUT2D eigenvalue weighted by molar-refractivity contribution is -0.140. The van der Waals surface area contributed by atoms with Gasteiger partial charge < -0.3 is 14.8 Å². The number of pyridine rings is 2. The summed E-state index contributed by atoms with van der Waals surface area (Å²) in [7, 11) is 2.99. The quantitative estimate of drug-likeness (QED) is 0.193. The molecule has 1 N–H and O–H groups in total. The lowest BCUT2D eigenvalue weighted by Gasteiger charge is -2.17. The zero-order valence-electron chi connectivity index (χ0n) is 28.3. The standard InChI is InChI=1S/C30H22Cl2F3N5O2.C5H10O.C2H6/c1-40-29(41)24-16(14-36-40)13-23(30(33,34)35)39-27(24)37-21-11-5-9-19(26(21)32)18-8-4-10-20(25(18)31)22-12-15-6-3-7-17(15)28(38-22)42-2;1-2-4-6-5-3-1;1-2/h4-5,8-14H,3,6-7H2,1-2H3,(H,37,39);1-5H2;1-2H3. The van der Waals surface area contributed by atoms with Crippen molar-refractivity contribution in [3.8, 4) is 28.3 Å². The highest BCUT2D eigenvalue weighted by atomic mass is 35.5. The van der Waals surface area contributed by atoms with Crippen molar-refractivity contribution in [2.45, 2.75) is 58.5 Å². The van der Waals surface area contributed by atoms with E-state index < -0.39 is 17.4 Å². The van der Waals surface area contributed by atoms with Crippen LogP contribution < -0.4 is 15.6 Å². The van der Waals surface area contributed by atoms with E-state index >= 15 is 0 Å². The Bertz CT molecular complexity index is 2040. The molecule has 3 aromatic heterocycles. The lowest BCUT2D eigenvalue weighted by Crippen LogP contribution is -2.21. The summed E-state index contributed by atoms with van der Waals surface area (Å²) in [4.78, 5) is 21.3. The first-order valence-corrected chi connectivity index (χ1v) is 17.3. The van der Waals surface area contributed by atoms with E-state index in [1.165, 1.54) is 38.1 Å². The summed E-state index contributed by atoms with van der Waals surface area (Å²) in [5.74, 6) is 0.281. The molecule has 264 valence electrons. The molecule has 7 rings (SSSR count). The Morgan fingerprint density at radius 2 is 1.58 bits per heavy atom. The fraction of sp³-hybridized carbons (Fsp3) is 0.351. The molecule has 0 bridgehead atoms. The number of nitrogens with one attached hydrogen (secondary N) is 1. The summed E-state index contributed by atoms with van der Waals surface area (Å²) < 4.78 is 52.7. The zero-order chi connectivity index (χ0) is 36.0. The molecule has 8 nitrogen and oxygen atoms in total. The van der Waals surface area contributed by atoms with Gasteiger partial charge in [-0.3, -0.25) is 4.79 Å². The first kappa shape index (κ1) is 37.1. The molecule has 5 aromatic rings. The van der Waals surface area contributed by atoms with E-state index in [4.69, 9.17) is 37.7 Å².